The predicted molar refractivity (Wildman–Crippen MR) is 71.0 cm³/mol. The van der Waals surface area contributed by atoms with Gasteiger partial charge in [0.25, 0.3) is 0 Å². The zero-order valence-electron chi connectivity index (χ0n) is 10.9. The lowest BCUT2D eigenvalue weighted by Crippen LogP contribution is -2.38. The minimum Gasteiger partial charge on any atom is -0.481 e. The summed E-state index contributed by atoms with van der Waals surface area (Å²) >= 11 is 0. The molecule has 1 N–H and O–H groups in total. The van der Waals surface area contributed by atoms with Crippen molar-refractivity contribution in [3.63, 3.8) is 0 Å². The second-order valence-corrected chi connectivity index (χ2v) is 4.95. The van der Waals surface area contributed by atoms with Gasteiger partial charge in [0.05, 0.1) is 16.5 Å². The number of anilines is 1. The maximum Gasteiger partial charge on any atom is 0.308 e. The van der Waals surface area contributed by atoms with Crippen LogP contribution in [0.1, 0.15) is 12.8 Å². The Hall–Kier alpha value is -2.71. The van der Waals surface area contributed by atoms with Gasteiger partial charge in [0.2, 0.25) is 5.52 Å². The molecule has 0 saturated carbocycles. The van der Waals surface area contributed by atoms with Gasteiger partial charge in [0, 0.05) is 19.2 Å². The van der Waals surface area contributed by atoms with Gasteiger partial charge in [0.1, 0.15) is 0 Å². The fraction of sp³-hybridized carbons (Fsp3) is 0.417. The SMILES string of the molecule is O=C(O)[C@H]1CCCN(c2ccc([N+](=O)[O-])c3nonc23)C1. The van der Waals surface area contributed by atoms with Gasteiger partial charge in [0.15, 0.2) is 5.52 Å². The van der Waals surface area contributed by atoms with Crippen LogP contribution in [0.2, 0.25) is 0 Å². The van der Waals surface area contributed by atoms with Crippen molar-refractivity contribution in [2.24, 2.45) is 5.92 Å². The standard InChI is InChI=1S/C12H12N4O5/c17-12(18)7-2-1-5-15(6-7)8-3-4-9(16(19)20)11-10(8)13-21-14-11/h3-4,7H,1-2,5-6H2,(H,17,18)/t7-/m0/s1. The molecule has 110 valence electrons. The summed E-state index contributed by atoms with van der Waals surface area (Å²) in [4.78, 5) is 23.4. The Bertz CT molecular complexity index is 713. The van der Waals surface area contributed by atoms with Crippen LogP contribution in [0.5, 0.6) is 0 Å². The first kappa shape index (κ1) is 13.3. The van der Waals surface area contributed by atoms with E-state index in [1.54, 1.807) is 6.07 Å². The Kier molecular flexibility index (Phi) is 3.16. The van der Waals surface area contributed by atoms with E-state index >= 15 is 0 Å². The summed E-state index contributed by atoms with van der Waals surface area (Å²) in [7, 11) is 0. The number of piperidine rings is 1. The molecule has 0 radical (unpaired) electrons. The molecular weight excluding hydrogens is 280 g/mol. The van der Waals surface area contributed by atoms with Crippen LogP contribution in [0, 0.1) is 16.0 Å². The van der Waals surface area contributed by atoms with Gasteiger partial charge in [-0.25, -0.2) is 4.63 Å². The number of carbonyl (C=O) groups is 1. The van der Waals surface area contributed by atoms with Crippen LogP contribution in [-0.4, -0.2) is 39.4 Å². The number of carboxylic acid groups (broad SMARTS) is 1. The fourth-order valence-electron chi connectivity index (χ4n) is 2.64. The summed E-state index contributed by atoms with van der Waals surface area (Å²) in [6.07, 6.45) is 1.36. The summed E-state index contributed by atoms with van der Waals surface area (Å²) in [6.45, 7) is 1.01. The number of hydrogen-bond donors (Lipinski definition) is 1. The van der Waals surface area contributed by atoms with Crippen LogP contribution in [0.4, 0.5) is 11.4 Å². The van der Waals surface area contributed by atoms with Crippen molar-refractivity contribution in [1.29, 1.82) is 0 Å². The molecule has 1 aliphatic heterocycles. The van der Waals surface area contributed by atoms with Crippen molar-refractivity contribution in [2.75, 3.05) is 18.0 Å². The molecule has 0 spiro atoms. The zero-order valence-corrected chi connectivity index (χ0v) is 10.9. The van der Waals surface area contributed by atoms with E-state index in [-0.39, 0.29) is 16.7 Å². The molecule has 1 aromatic carbocycles. The minimum atomic E-state index is -0.837. The number of non-ortho nitro benzene ring substituents is 1. The number of hydrogen-bond acceptors (Lipinski definition) is 7. The van der Waals surface area contributed by atoms with Crippen LogP contribution in [-0.2, 0) is 4.79 Å². The van der Waals surface area contributed by atoms with E-state index in [1.807, 2.05) is 4.90 Å². The summed E-state index contributed by atoms with van der Waals surface area (Å²) in [5, 5.41) is 27.4. The van der Waals surface area contributed by atoms with Crippen molar-refractivity contribution in [3.8, 4) is 0 Å². The molecule has 0 aliphatic carbocycles. The number of nitrogens with zero attached hydrogens (tertiary/aromatic N) is 4. The lowest BCUT2D eigenvalue weighted by Gasteiger charge is -2.32. The molecule has 0 unspecified atom stereocenters. The highest BCUT2D eigenvalue weighted by atomic mass is 16.6. The van der Waals surface area contributed by atoms with E-state index in [2.05, 4.69) is 14.9 Å². The third-order valence-corrected chi connectivity index (χ3v) is 3.68. The van der Waals surface area contributed by atoms with Crippen molar-refractivity contribution < 1.29 is 19.5 Å². The van der Waals surface area contributed by atoms with E-state index < -0.39 is 16.8 Å². The summed E-state index contributed by atoms with van der Waals surface area (Å²) in [5.41, 5.74) is 0.801. The van der Waals surface area contributed by atoms with Crippen molar-refractivity contribution >= 4 is 28.4 Å². The Morgan fingerprint density at radius 3 is 2.90 bits per heavy atom. The second-order valence-electron chi connectivity index (χ2n) is 4.95. The topological polar surface area (TPSA) is 123 Å². The van der Waals surface area contributed by atoms with Gasteiger partial charge in [-0.2, -0.15) is 0 Å². The average molecular weight is 292 g/mol. The molecule has 0 amide bonds. The molecule has 21 heavy (non-hydrogen) atoms. The maximum atomic E-state index is 11.1. The molecule has 9 nitrogen and oxygen atoms in total. The number of carboxylic acids is 1. The monoisotopic (exact) mass is 292 g/mol. The summed E-state index contributed by atoms with van der Waals surface area (Å²) in [6, 6.07) is 2.90. The van der Waals surface area contributed by atoms with Gasteiger partial charge in [-0.05, 0) is 29.2 Å². The Labute approximate surface area is 118 Å². The average Bonchev–Trinajstić information content (AvgIpc) is 2.95. The normalized spacial score (nSPS) is 18.9. The van der Waals surface area contributed by atoms with Gasteiger partial charge in [-0.1, -0.05) is 0 Å². The largest absolute Gasteiger partial charge is 0.481 e. The first-order valence-electron chi connectivity index (χ1n) is 6.45. The maximum absolute atomic E-state index is 11.1. The number of benzene rings is 1. The van der Waals surface area contributed by atoms with Crippen LogP contribution in [0.3, 0.4) is 0 Å². The fourth-order valence-corrected chi connectivity index (χ4v) is 2.64. The van der Waals surface area contributed by atoms with Crippen molar-refractivity contribution in [1.82, 2.24) is 10.3 Å². The molecule has 3 rings (SSSR count). The van der Waals surface area contributed by atoms with Crippen LogP contribution >= 0.6 is 0 Å². The quantitative estimate of drug-likeness (QED) is 0.665. The molecule has 1 fully saturated rings. The van der Waals surface area contributed by atoms with Gasteiger partial charge in [-0.15, -0.1) is 0 Å². The molecule has 2 heterocycles. The molecule has 1 saturated heterocycles. The third-order valence-electron chi connectivity index (χ3n) is 3.68. The zero-order chi connectivity index (χ0) is 15.0. The Balaban J connectivity index is 2.01. The molecule has 0 bridgehead atoms. The molecular formula is C12H12N4O5. The summed E-state index contributed by atoms with van der Waals surface area (Å²) in [5.74, 6) is -1.29. The van der Waals surface area contributed by atoms with Crippen LogP contribution < -0.4 is 4.90 Å². The van der Waals surface area contributed by atoms with E-state index in [0.29, 0.717) is 25.2 Å². The lowest BCUT2D eigenvalue weighted by atomic mass is 9.97. The molecule has 9 heteroatoms. The lowest BCUT2D eigenvalue weighted by molar-refractivity contribution is -0.383. The number of aliphatic carboxylic acids is 1. The van der Waals surface area contributed by atoms with E-state index in [4.69, 9.17) is 5.11 Å². The van der Waals surface area contributed by atoms with Gasteiger partial charge in [-0.3, -0.25) is 14.9 Å². The Morgan fingerprint density at radius 1 is 1.43 bits per heavy atom. The van der Waals surface area contributed by atoms with Gasteiger partial charge >= 0.3 is 11.7 Å². The first-order chi connectivity index (χ1) is 10.1. The minimum absolute atomic E-state index is 0.0787. The highest BCUT2D eigenvalue weighted by Gasteiger charge is 2.29. The highest BCUT2D eigenvalue weighted by molar-refractivity contribution is 5.94. The Morgan fingerprint density at radius 2 is 2.19 bits per heavy atom. The first-order valence-corrected chi connectivity index (χ1v) is 6.45. The van der Waals surface area contributed by atoms with Crippen LogP contribution in [0.15, 0.2) is 16.8 Å². The number of aromatic nitrogens is 2. The molecule has 2 aromatic rings. The van der Waals surface area contributed by atoms with E-state index in [0.717, 1.165) is 6.42 Å². The number of rotatable bonds is 3. The number of nitro groups is 1. The molecule has 1 aliphatic rings. The van der Waals surface area contributed by atoms with Crippen molar-refractivity contribution in [2.45, 2.75) is 12.8 Å². The smallest absolute Gasteiger partial charge is 0.308 e. The third kappa shape index (κ3) is 2.26. The van der Waals surface area contributed by atoms with E-state index in [1.165, 1.54) is 6.07 Å². The molecule has 1 atom stereocenters. The molecule has 1 aromatic heterocycles. The number of fused-ring (bicyclic) bond motifs is 1. The number of nitro benzene ring substituents is 1. The highest BCUT2D eigenvalue weighted by Crippen LogP contribution is 2.33. The predicted octanol–water partition coefficient (Wildman–Crippen LogP) is 1.43. The van der Waals surface area contributed by atoms with E-state index in [9.17, 15) is 14.9 Å². The summed E-state index contributed by atoms with van der Waals surface area (Å²) < 4.78 is 4.61. The van der Waals surface area contributed by atoms with Gasteiger partial charge < -0.3 is 10.0 Å². The van der Waals surface area contributed by atoms with Crippen LogP contribution in [0.25, 0.3) is 11.0 Å². The van der Waals surface area contributed by atoms with Crippen molar-refractivity contribution in [3.05, 3.63) is 22.2 Å². The second kappa shape index (κ2) is 5.00.